The number of fused-ring (bicyclic) bond motifs is 4. The average molecular weight is 528 g/mol. The minimum atomic E-state index is -4.70. The van der Waals surface area contributed by atoms with Crippen LogP contribution in [0, 0.1) is 0 Å². The van der Waals surface area contributed by atoms with Gasteiger partial charge in [0.1, 0.15) is 17.1 Å². The Morgan fingerprint density at radius 1 is 0.865 bits per heavy atom. The highest BCUT2D eigenvalue weighted by Crippen LogP contribution is 2.35. The summed E-state index contributed by atoms with van der Waals surface area (Å²) in [5.41, 5.74) is -3.08. The number of alkyl halides is 6. The van der Waals surface area contributed by atoms with Crippen LogP contribution >= 0.6 is 0 Å². The van der Waals surface area contributed by atoms with Crippen molar-refractivity contribution in [3.63, 3.8) is 0 Å². The summed E-state index contributed by atoms with van der Waals surface area (Å²) < 4.78 is 91.5. The standard InChI is InChI=1S/C23H22F6N6O2/c1-21(2)12-30-19-33-18(16-5-3-6-17(32-16)23(27,28)29)34-20(35-19)31-14-9-13(22(24,25)26)10-15(11-14)36-7-4-8-37-21/h3,5-6,9-11H,4,7-8,12H2,1-2H3,(H2,30,31,33,34,35). The minimum Gasteiger partial charge on any atom is -0.493 e. The lowest BCUT2D eigenvalue weighted by Crippen LogP contribution is -2.34. The molecule has 0 fully saturated rings. The van der Waals surface area contributed by atoms with Gasteiger partial charge in [0.25, 0.3) is 0 Å². The Morgan fingerprint density at radius 3 is 2.35 bits per heavy atom. The van der Waals surface area contributed by atoms with Crippen LogP contribution in [0.15, 0.2) is 36.4 Å². The smallest absolute Gasteiger partial charge is 0.433 e. The number of nitrogens with zero attached hydrogens (tertiary/aromatic N) is 4. The monoisotopic (exact) mass is 528 g/mol. The highest BCUT2D eigenvalue weighted by atomic mass is 19.4. The summed E-state index contributed by atoms with van der Waals surface area (Å²) in [6.45, 7) is 4.18. The van der Waals surface area contributed by atoms with Crippen LogP contribution in [-0.4, -0.2) is 45.3 Å². The third-order valence-electron chi connectivity index (χ3n) is 5.12. The number of hydrogen-bond acceptors (Lipinski definition) is 8. The van der Waals surface area contributed by atoms with Crippen molar-refractivity contribution in [1.29, 1.82) is 0 Å². The lowest BCUT2D eigenvalue weighted by molar-refractivity contribution is -0.141. The Morgan fingerprint density at radius 2 is 1.62 bits per heavy atom. The van der Waals surface area contributed by atoms with Crippen molar-refractivity contribution in [2.24, 2.45) is 0 Å². The predicted molar refractivity (Wildman–Crippen MR) is 121 cm³/mol. The van der Waals surface area contributed by atoms with Crippen LogP contribution in [0.2, 0.25) is 0 Å². The summed E-state index contributed by atoms with van der Waals surface area (Å²) in [6.07, 6.45) is -8.95. The van der Waals surface area contributed by atoms with Gasteiger partial charge in [-0.25, -0.2) is 4.98 Å². The number of pyridine rings is 1. The number of benzene rings is 1. The normalized spacial score (nSPS) is 16.4. The van der Waals surface area contributed by atoms with Crippen molar-refractivity contribution in [2.75, 3.05) is 30.4 Å². The quantitative estimate of drug-likeness (QED) is 0.389. The Hall–Kier alpha value is -3.68. The first kappa shape index (κ1) is 26.4. The number of ether oxygens (including phenoxy) is 2. The van der Waals surface area contributed by atoms with E-state index in [9.17, 15) is 26.3 Å². The van der Waals surface area contributed by atoms with Crippen LogP contribution in [0.25, 0.3) is 11.5 Å². The topological polar surface area (TPSA) is 94.1 Å². The van der Waals surface area contributed by atoms with Crippen LogP contribution in [0.3, 0.4) is 0 Å². The van der Waals surface area contributed by atoms with E-state index >= 15 is 0 Å². The van der Waals surface area contributed by atoms with Gasteiger partial charge in [-0.3, -0.25) is 0 Å². The number of nitrogens with one attached hydrogen (secondary N) is 2. The van der Waals surface area contributed by atoms with E-state index < -0.39 is 29.2 Å². The number of aromatic nitrogens is 4. The van der Waals surface area contributed by atoms with Crippen molar-refractivity contribution in [2.45, 2.75) is 38.2 Å². The molecule has 0 amide bonds. The molecule has 0 saturated carbocycles. The van der Waals surface area contributed by atoms with Crippen molar-refractivity contribution >= 4 is 17.6 Å². The maximum absolute atomic E-state index is 13.5. The molecule has 1 aliphatic heterocycles. The van der Waals surface area contributed by atoms with Gasteiger partial charge in [-0.15, -0.1) is 0 Å². The van der Waals surface area contributed by atoms with E-state index in [1.54, 1.807) is 13.8 Å². The summed E-state index contributed by atoms with van der Waals surface area (Å²) in [6, 6.07) is 6.28. The van der Waals surface area contributed by atoms with E-state index in [4.69, 9.17) is 9.47 Å². The van der Waals surface area contributed by atoms with Crippen LogP contribution in [0.1, 0.15) is 31.5 Å². The van der Waals surface area contributed by atoms with Crippen molar-refractivity contribution < 1.29 is 35.8 Å². The number of rotatable bonds is 1. The minimum absolute atomic E-state index is 0.0401. The lowest BCUT2D eigenvalue weighted by atomic mass is 10.1. The maximum Gasteiger partial charge on any atom is 0.433 e. The van der Waals surface area contributed by atoms with Crippen molar-refractivity contribution in [3.05, 3.63) is 47.7 Å². The fourth-order valence-corrected chi connectivity index (χ4v) is 3.33. The largest absolute Gasteiger partial charge is 0.493 e. The van der Waals surface area contributed by atoms with Gasteiger partial charge in [0.15, 0.2) is 5.82 Å². The Balaban J connectivity index is 1.80. The molecule has 4 rings (SSSR count). The number of anilines is 3. The summed E-state index contributed by atoms with van der Waals surface area (Å²) in [5.74, 6) is -0.525. The van der Waals surface area contributed by atoms with E-state index in [1.165, 1.54) is 12.1 Å². The molecule has 0 saturated heterocycles. The van der Waals surface area contributed by atoms with Gasteiger partial charge in [0.05, 0.1) is 24.4 Å². The first-order chi connectivity index (χ1) is 17.3. The van der Waals surface area contributed by atoms with E-state index in [1.807, 2.05) is 0 Å². The third kappa shape index (κ3) is 6.96. The summed E-state index contributed by atoms with van der Waals surface area (Å²) >= 11 is 0. The summed E-state index contributed by atoms with van der Waals surface area (Å²) in [4.78, 5) is 16.1. The van der Waals surface area contributed by atoms with E-state index in [2.05, 4.69) is 30.6 Å². The molecule has 0 unspecified atom stereocenters. The van der Waals surface area contributed by atoms with Gasteiger partial charge in [-0.05, 0) is 38.1 Å². The lowest BCUT2D eigenvalue weighted by Gasteiger charge is -2.25. The summed E-state index contributed by atoms with van der Waals surface area (Å²) in [5, 5.41) is 5.63. The molecule has 37 heavy (non-hydrogen) atoms. The van der Waals surface area contributed by atoms with Gasteiger partial charge < -0.3 is 20.1 Å². The van der Waals surface area contributed by atoms with Gasteiger partial charge >= 0.3 is 12.4 Å². The summed E-state index contributed by atoms with van der Waals surface area (Å²) in [7, 11) is 0. The van der Waals surface area contributed by atoms with Gasteiger partial charge in [0.2, 0.25) is 11.9 Å². The van der Waals surface area contributed by atoms with Crippen LogP contribution < -0.4 is 15.4 Å². The van der Waals surface area contributed by atoms with Crippen molar-refractivity contribution in [3.8, 4) is 17.3 Å². The average Bonchev–Trinajstić information content (AvgIpc) is 2.81. The fourth-order valence-electron chi connectivity index (χ4n) is 3.33. The highest BCUT2D eigenvalue weighted by molar-refractivity contribution is 5.61. The third-order valence-corrected chi connectivity index (χ3v) is 5.12. The molecule has 3 heterocycles. The Labute approximate surface area is 207 Å². The predicted octanol–water partition coefficient (Wildman–Crippen LogP) is 5.70. The molecule has 2 N–H and O–H groups in total. The van der Waals surface area contributed by atoms with E-state index in [0.717, 1.165) is 24.3 Å². The molecule has 2 aromatic heterocycles. The van der Waals surface area contributed by atoms with Gasteiger partial charge in [0, 0.05) is 24.7 Å². The molecule has 14 heteroatoms. The first-order valence-electron chi connectivity index (χ1n) is 11.1. The molecule has 0 aliphatic carbocycles. The second-order valence-electron chi connectivity index (χ2n) is 8.74. The fraction of sp³-hybridized carbons (Fsp3) is 0.391. The van der Waals surface area contributed by atoms with E-state index in [0.29, 0.717) is 6.42 Å². The van der Waals surface area contributed by atoms with E-state index in [-0.39, 0.29) is 54.6 Å². The molecular formula is C23H22F6N6O2. The zero-order valence-corrected chi connectivity index (χ0v) is 19.7. The Bertz CT molecular complexity index is 1270. The SMILES string of the molecule is CC1(C)CNc2nc(nc(-c3cccc(C(F)(F)F)n3)n2)Nc2cc(cc(C(F)(F)F)c2)OCCCO1. The number of hydrogen-bond donors (Lipinski definition) is 2. The molecular weight excluding hydrogens is 506 g/mol. The van der Waals surface area contributed by atoms with Crippen LogP contribution in [-0.2, 0) is 17.1 Å². The molecule has 1 aliphatic rings. The molecule has 198 valence electrons. The number of halogens is 6. The van der Waals surface area contributed by atoms with Crippen LogP contribution in [0.5, 0.6) is 5.75 Å². The molecule has 4 bridgehead atoms. The highest BCUT2D eigenvalue weighted by Gasteiger charge is 2.33. The molecule has 8 nitrogen and oxygen atoms in total. The first-order valence-corrected chi connectivity index (χ1v) is 11.1. The van der Waals surface area contributed by atoms with Crippen LogP contribution in [0.4, 0.5) is 43.9 Å². The molecule has 3 aromatic rings. The molecule has 0 radical (unpaired) electrons. The Kier molecular flexibility index (Phi) is 7.13. The second-order valence-corrected chi connectivity index (χ2v) is 8.74. The molecule has 1 aromatic carbocycles. The molecule has 0 spiro atoms. The zero-order valence-electron chi connectivity index (χ0n) is 19.7. The molecule has 0 atom stereocenters. The van der Waals surface area contributed by atoms with Crippen molar-refractivity contribution in [1.82, 2.24) is 19.9 Å². The zero-order chi connectivity index (χ0) is 26.8. The maximum atomic E-state index is 13.5. The van der Waals surface area contributed by atoms with Gasteiger partial charge in [-0.2, -0.15) is 41.3 Å². The van der Waals surface area contributed by atoms with Gasteiger partial charge in [-0.1, -0.05) is 6.07 Å². The second kappa shape index (κ2) is 10.00.